The Bertz CT molecular complexity index is 815. The van der Waals surface area contributed by atoms with Gasteiger partial charge in [-0.15, -0.1) is 0 Å². The van der Waals surface area contributed by atoms with E-state index in [0.717, 1.165) is 43.0 Å². The lowest BCUT2D eigenvalue weighted by Gasteiger charge is -2.33. The number of fused-ring (bicyclic) bond motifs is 1. The molecule has 2 aliphatic rings. The highest BCUT2D eigenvalue weighted by atomic mass is 16.7. The zero-order valence-corrected chi connectivity index (χ0v) is 15.1. The Hall–Kier alpha value is -3.02. The van der Waals surface area contributed by atoms with Crippen molar-refractivity contribution in [2.75, 3.05) is 31.3 Å². The van der Waals surface area contributed by atoms with Gasteiger partial charge in [-0.1, -0.05) is 6.07 Å². The minimum absolute atomic E-state index is 0.0673. The van der Waals surface area contributed by atoms with Gasteiger partial charge < -0.3 is 19.7 Å². The quantitative estimate of drug-likeness (QED) is 0.826. The van der Waals surface area contributed by atoms with Crippen molar-refractivity contribution < 1.29 is 14.3 Å². The van der Waals surface area contributed by atoms with Gasteiger partial charge in [0.15, 0.2) is 11.5 Å². The van der Waals surface area contributed by atoms with E-state index in [4.69, 9.17) is 9.47 Å². The van der Waals surface area contributed by atoms with E-state index in [0.29, 0.717) is 12.5 Å². The standard InChI is InChI=1S/C21H23N3O3/c25-21(6-4-16-3-5-19-20(12-16)27-15-26-19)23-13-17-7-10-24(11-8-17)18-2-1-9-22-14-18/h1-6,9,12,14,17H,7-8,10-11,13,15H2,(H,23,25)/b6-4+. The molecule has 2 aliphatic heterocycles. The summed E-state index contributed by atoms with van der Waals surface area (Å²) in [6.45, 7) is 2.96. The fraction of sp³-hybridized carbons (Fsp3) is 0.333. The van der Waals surface area contributed by atoms with Crippen molar-refractivity contribution in [3.05, 3.63) is 54.4 Å². The number of hydrogen-bond acceptors (Lipinski definition) is 5. The number of aromatic nitrogens is 1. The Kier molecular flexibility index (Phi) is 5.23. The smallest absolute Gasteiger partial charge is 0.244 e. The minimum atomic E-state index is -0.0673. The lowest BCUT2D eigenvalue weighted by atomic mass is 9.96. The number of pyridine rings is 1. The van der Waals surface area contributed by atoms with E-state index in [1.165, 1.54) is 5.69 Å². The zero-order valence-electron chi connectivity index (χ0n) is 15.1. The molecule has 0 aliphatic carbocycles. The second kappa shape index (κ2) is 8.12. The summed E-state index contributed by atoms with van der Waals surface area (Å²) < 4.78 is 10.6. The van der Waals surface area contributed by atoms with Crippen molar-refractivity contribution in [2.45, 2.75) is 12.8 Å². The maximum absolute atomic E-state index is 12.1. The first-order chi connectivity index (χ1) is 13.3. The number of ether oxygens (including phenoxy) is 2. The van der Waals surface area contributed by atoms with Gasteiger partial charge in [-0.05, 0) is 54.7 Å². The molecule has 6 nitrogen and oxygen atoms in total. The number of amides is 1. The first-order valence-electron chi connectivity index (χ1n) is 9.28. The van der Waals surface area contributed by atoms with Crippen molar-refractivity contribution in [1.29, 1.82) is 0 Å². The largest absolute Gasteiger partial charge is 0.454 e. The first kappa shape index (κ1) is 17.4. The number of anilines is 1. The van der Waals surface area contributed by atoms with Crippen LogP contribution in [0.1, 0.15) is 18.4 Å². The Morgan fingerprint density at radius 2 is 2.07 bits per heavy atom. The van der Waals surface area contributed by atoms with Crippen molar-refractivity contribution in [1.82, 2.24) is 10.3 Å². The van der Waals surface area contributed by atoms with E-state index in [2.05, 4.69) is 21.3 Å². The highest BCUT2D eigenvalue weighted by molar-refractivity contribution is 5.91. The second-order valence-electron chi connectivity index (χ2n) is 6.83. The van der Waals surface area contributed by atoms with Gasteiger partial charge in [0.2, 0.25) is 12.7 Å². The van der Waals surface area contributed by atoms with Gasteiger partial charge in [0, 0.05) is 31.9 Å². The molecule has 1 fully saturated rings. The molecule has 4 rings (SSSR count). The predicted molar refractivity (Wildman–Crippen MR) is 104 cm³/mol. The van der Waals surface area contributed by atoms with Crippen LogP contribution in [0, 0.1) is 5.92 Å². The van der Waals surface area contributed by atoms with Gasteiger partial charge in [-0.2, -0.15) is 0 Å². The Balaban J connectivity index is 1.22. The third-order valence-electron chi connectivity index (χ3n) is 5.01. The van der Waals surface area contributed by atoms with Crippen LogP contribution in [0.25, 0.3) is 6.08 Å². The summed E-state index contributed by atoms with van der Waals surface area (Å²) in [4.78, 5) is 18.6. The van der Waals surface area contributed by atoms with Crippen molar-refractivity contribution in [3.8, 4) is 11.5 Å². The van der Waals surface area contributed by atoms with Gasteiger partial charge in [0.05, 0.1) is 11.9 Å². The Labute approximate surface area is 158 Å². The van der Waals surface area contributed by atoms with Gasteiger partial charge in [0.1, 0.15) is 0 Å². The monoisotopic (exact) mass is 365 g/mol. The van der Waals surface area contributed by atoms with Crippen molar-refractivity contribution in [3.63, 3.8) is 0 Å². The van der Waals surface area contributed by atoms with Crippen LogP contribution in [0.4, 0.5) is 5.69 Å². The molecular formula is C21H23N3O3. The fourth-order valence-corrected chi connectivity index (χ4v) is 3.43. The van der Waals surface area contributed by atoms with E-state index in [-0.39, 0.29) is 12.7 Å². The average molecular weight is 365 g/mol. The molecule has 0 saturated carbocycles. The SMILES string of the molecule is O=C(/C=C/c1ccc2c(c1)OCO2)NCC1CCN(c2cccnc2)CC1. The third-order valence-corrected chi connectivity index (χ3v) is 5.01. The molecule has 27 heavy (non-hydrogen) atoms. The second-order valence-corrected chi connectivity index (χ2v) is 6.83. The summed E-state index contributed by atoms with van der Waals surface area (Å²) in [5, 5.41) is 3.02. The summed E-state index contributed by atoms with van der Waals surface area (Å²) in [5.74, 6) is 1.91. The molecule has 1 aromatic carbocycles. The number of hydrogen-bond donors (Lipinski definition) is 1. The predicted octanol–water partition coefficient (Wildman–Crippen LogP) is 2.86. The number of nitrogens with zero attached hydrogens (tertiary/aromatic N) is 2. The maximum Gasteiger partial charge on any atom is 0.244 e. The average Bonchev–Trinajstić information content (AvgIpc) is 3.19. The summed E-state index contributed by atoms with van der Waals surface area (Å²) in [6.07, 6.45) is 9.21. The molecule has 0 radical (unpaired) electrons. The van der Waals surface area contributed by atoms with Crippen LogP contribution in [0.2, 0.25) is 0 Å². The van der Waals surface area contributed by atoms with Gasteiger partial charge in [-0.25, -0.2) is 0 Å². The lowest BCUT2D eigenvalue weighted by molar-refractivity contribution is -0.116. The van der Waals surface area contributed by atoms with Crippen molar-refractivity contribution >= 4 is 17.7 Å². The highest BCUT2D eigenvalue weighted by Gasteiger charge is 2.19. The molecule has 0 bridgehead atoms. The van der Waals surface area contributed by atoms with Gasteiger partial charge >= 0.3 is 0 Å². The van der Waals surface area contributed by atoms with Crippen LogP contribution in [0.3, 0.4) is 0 Å². The van der Waals surface area contributed by atoms with Crippen LogP contribution in [0.15, 0.2) is 48.8 Å². The zero-order chi connectivity index (χ0) is 18.5. The van der Waals surface area contributed by atoms with Crippen LogP contribution in [-0.2, 0) is 4.79 Å². The molecule has 2 aromatic rings. The number of nitrogens with one attached hydrogen (secondary N) is 1. The maximum atomic E-state index is 12.1. The van der Waals surface area contributed by atoms with Crippen molar-refractivity contribution in [2.24, 2.45) is 5.92 Å². The fourth-order valence-electron chi connectivity index (χ4n) is 3.43. The van der Waals surface area contributed by atoms with E-state index in [9.17, 15) is 4.79 Å². The number of carbonyl (C=O) groups is 1. The van der Waals surface area contributed by atoms with E-state index < -0.39 is 0 Å². The molecule has 3 heterocycles. The van der Waals surface area contributed by atoms with Crippen LogP contribution in [0.5, 0.6) is 11.5 Å². The van der Waals surface area contributed by atoms with Crippen LogP contribution >= 0.6 is 0 Å². The molecule has 0 atom stereocenters. The summed E-state index contributed by atoms with van der Waals surface area (Å²) in [7, 11) is 0. The number of carbonyl (C=O) groups excluding carboxylic acids is 1. The molecular weight excluding hydrogens is 342 g/mol. The molecule has 0 unspecified atom stereocenters. The Morgan fingerprint density at radius 1 is 1.22 bits per heavy atom. The van der Waals surface area contributed by atoms with Gasteiger partial charge in [0.25, 0.3) is 0 Å². The summed E-state index contributed by atoms with van der Waals surface area (Å²) in [5.41, 5.74) is 2.09. The molecule has 1 saturated heterocycles. The third kappa shape index (κ3) is 4.39. The first-order valence-corrected chi connectivity index (χ1v) is 9.28. The number of benzene rings is 1. The van der Waals surface area contributed by atoms with Crippen LogP contribution < -0.4 is 19.7 Å². The number of rotatable bonds is 5. The summed E-state index contributed by atoms with van der Waals surface area (Å²) in [6, 6.07) is 9.70. The van der Waals surface area contributed by atoms with Gasteiger partial charge in [-0.3, -0.25) is 9.78 Å². The lowest BCUT2D eigenvalue weighted by Crippen LogP contribution is -2.38. The highest BCUT2D eigenvalue weighted by Crippen LogP contribution is 2.32. The molecule has 140 valence electrons. The Morgan fingerprint density at radius 3 is 2.89 bits per heavy atom. The molecule has 1 N–H and O–H groups in total. The minimum Gasteiger partial charge on any atom is -0.454 e. The van der Waals surface area contributed by atoms with Crippen LogP contribution in [-0.4, -0.2) is 37.3 Å². The molecule has 1 amide bonds. The topological polar surface area (TPSA) is 63.7 Å². The van der Waals surface area contributed by atoms with E-state index >= 15 is 0 Å². The normalized spacial score (nSPS) is 16.7. The summed E-state index contributed by atoms with van der Waals surface area (Å²) >= 11 is 0. The molecule has 6 heteroatoms. The van der Waals surface area contributed by atoms with E-state index in [1.54, 1.807) is 18.3 Å². The molecule has 0 spiro atoms. The number of piperidine rings is 1. The molecule has 1 aromatic heterocycles. The van der Waals surface area contributed by atoms with E-state index in [1.807, 2.05) is 30.5 Å².